The summed E-state index contributed by atoms with van der Waals surface area (Å²) in [6.45, 7) is 4.23. The summed E-state index contributed by atoms with van der Waals surface area (Å²) in [6.07, 6.45) is 0.00609. The van der Waals surface area contributed by atoms with Gasteiger partial charge in [-0.25, -0.2) is 4.98 Å². The fourth-order valence-corrected chi connectivity index (χ4v) is 2.60. The molecule has 19 heavy (non-hydrogen) atoms. The average molecular weight is 277 g/mol. The normalized spacial score (nSPS) is 10.4. The van der Waals surface area contributed by atoms with Gasteiger partial charge in [-0.05, 0) is 38.1 Å². The van der Waals surface area contributed by atoms with Crippen LogP contribution in [-0.4, -0.2) is 22.7 Å². The standard InChI is InChI=1S/C14H15NO3S/c1-9-14(15-10(2)19-9)11-3-5-12(6-4-11)18-8-7-13(16)17/h3-6H,7-8H2,1-2H3,(H,16,17). The number of aromatic nitrogens is 1. The molecular weight excluding hydrogens is 262 g/mol. The van der Waals surface area contributed by atoms with Crippen molar-refractivity contribution in [1.29, 1.82) is 0 Å². The van der Waals surface area contributed by atoms with Gasteiger partial charge >= 0.3 is 5.97 Å². The highest BCUT2D eigenvalue weighted by molar-refractivity contribution is 7.11. The van der Waals surface area contributed by atoms with Crippen molar-refractivity contribution in [3.63, 3.8) is 0 Å². The lowest BCUT2D eigenvalue weighted by molar-refractivity contribution is -0.137. The Bertz CT molecular complexity index is 575. The highest BCUT2D eigenvalue weighted by atomic mass is 32.1. The minimum absolute atomic E-state index is 0.00609. The van der Waals surface area contributed by atoms with E-state index in [0.717, 1.165) is 16.3 Å². The van der Waals surface area contributed by atoms with Crippen LogP contribution < -0.4 is 4.74 Å². The van der Waals surface area contributed by atoms with Gasteiger partial charge in [0.1, 0.15) is 5.75 Å². The quantitative estimate of drug-likeness (QED) is 0.911. The molecule has 0 aliphatic heterocycles. The molecule has 5 heteroatoms. The van der Waals surface area contributed by atoms with E-state index in [1.807, 2.05) is 31.2 Å². The zero-order valence-electron chi connectivity index (χ0n) is 10.8. The van der Waals surface area contributed by atoms with Gasteiger partial charge in [0.25, 0.3) is 0 Å². The van der Waals surface area contributed by atoms with Gasteiger partial charge in [0.15, 0.2) is 0 Å². The number of carboxylic acid groups (broad SMARTS) is 1. The number of nitrogens with zero attached hydrogens (tertiary/aromatic N) is 1. The number of rotatable bonds is 5. The van der Waals surface area contributed by atoms with Gasteiger partial charge in [0.2, 0.25) is 0 Å². The Morgan fingerprint density at radius 3 is 2.53 bits per heavy atom. The van der Waals surface area contributed by atoms with Crippen molar-refractivity contribution in [1.82, 2.24) is 4.98 Å². The van der Waals surface area contributed by atoms with Gasteiger partial charge in [-0.2, -0.15) is 0 Å². The van der Waals surface area contributed by atoms with E-state index in [1.54, 1.807) is 11.3 Å². The summed E-state index contributed by atoms with van der Waals surface area (Å²) >= 11 is 1.68. The van der Waals surface area contributed by atoms with Crippen molar-refractivity contribution in [2.75, 3.05) is 6.61 Å². The maximum atomic E-state index is 10.4. The topological polar surface area (TPSA) is 59.4 Å². The first kappa shape index (κ1) is 13.5. The van der Waals surface area contributed by atoms with Gasteiger partial charge in [-0.1, -0.05) is 0 Å². The first-order valence-corrected chi connectivity index (χ1v) is 6.77. The molecule has 0 radical (unpaired) electrons. The van der Waals surface area contributed by atoms with E-state index in [-0.39, 0.29) is 13.0 Å². The van der Waals surface area contributed by atoms with E-state index in [2.05, 4.69) is 11.9 Å². The van der Waals surface area contributed by atoms with Crippen molar-refractivity contribution in [3.05, 3.63) is 34.2 Å². The molecule has 0 saturated carbocycles. The zero-order valence-corrected chi connectivity index (χ0v) is 11.7. The van der Waals surface area contributed by atoms with Crippen LogP contribution in [0, 0.1) is 13.8 Å². The van der Waals surface area contributed by atoms with Crippen molar-refractivity contribution in [3.8, 4) is 17.0 Å². The van der Waals surface area contributed by atoms with E-state index >= 15 is 0 Å². The summed E-state index contributed by atoms with van der Waals surface area (Å²) in [4.78, 5) is 16.1. The van der Waals surface area contributed by atoms with Crippen LogP contribution >= 0.6 is 11.3 Å². The monoisotopic (exact) mass is 277 g/mol. The van der Waals surface area contributed by atoms with E-state index in [0.29, 0.717) is 5.75 Å². The molecule has 0 saturated heterocycles. The van der Waals surface area contributed by atoms with E-state index in [9.17, 15) is 4.79 Å². The third-order valence-corrected chi connectivity index (χ3v) is 3.50. The molecule has 100 valence electrons. The Balaban J connectivity index is 2.06. The van der Waals surface area contributed by atoms with E-state index in [4.69, 9.17) is 9.84 Å². The first-order chi connectivity index (χ1) is 9.06. The minimum Gasteiger partial charge on any atom is -0.493 e. The Morgan fingerprint density at radius 1 is 1.32 bits per heavy atom. The summed E-state index contributed by atoms with van der Waals surface area (Å²) < 4.78 is 5.34. The minimum atomic E-state index is -0.856. The molecule has 0 fully saturated rings. The van der Waals surface area contributed by atoms with Crippen molar-refractivity contribution in [2.24, 2.45) is 0 Å². The zero-order chi connectivity index (χ0) is 13.8. The van der Waals surface area contributed by atoms with Crippen LogP contribution in [0.3, 0.4) is 0 Å². The van der Waals surface area contributed by atoms with Crippen molar-refractivity contribution in [2.45, 2.75) is 20.3 Å². The molecule has 0 spiro atoms. The molecule has 1 N–H and O–H groups in total. The van der Waals surface area contributed by atoms with Crippen LogP contribution in [0.4, 0.5) is 0 Å². The van der Waals surface area contributed by atoms with E-state index in [1.165, 1.54) is 4.88 Å². The second-order valence-electron chi connectivity index (χ2n) is 4.15. The molecule has 0 amide bonds. The molecule has 0 aliphatic carbocycles. The Morgan fingerprint density at radius 2 is 2.00 bits per heavy atom. The molecule has 0 bridgehead atoms. The summed E-state index contributed by atoms with van der Waals surface area (Å²) in [5.74, 6) is -0.181. The molecule has 1 heterocycles. The average Bonchev–Trinajstić information content (AvgIpc) is 2.69. The number of carbonyl (C=O) groups is 1. The number of thiazole rings is 1. The SMILES string of the molecule is Cc1nc(-c2ccc(OCCC(=O)O)cc2)c(C)s1. The Labute approximate surface area is 115 Å². The van der Waals surface area contributed by atoms with Crippen molar-refractivity contribution < 1.29 is 14.6 Å². The van der Waals surface area contributed by atoms with Crippen molar-refractivity contribution >= 4 is 17.3 Å². The highest BCUT2D eigenvalue weighted by Crippen LogP contribution is 2.28. The number of aryl methyl sites for hydroxylation is 2. The molecular formula is C14H15NO3S. The van der Waals surface area contributed by atoms with Crippen LogP contribution in [0.5, 0.6) is 5.75 Å². The number of benzene rings is 1. The molecule has 4 nitrogen and oxygen atoms in total. The maximum absolute atomic E-state index is 10.4. The van der Waals surface area contributed by atoms with Gasteiger partial charge in [-0.15, -0.1) is 11.3 Å². The lowest BCUT2D eigenvalue weighted by Crippen LogP contribution is -2.04. The van der Waals surface area contributed by atoms with Crippen LogP contribution in [0.15, 0.2) is 24.3 Å². The van der Waals surface area contributed by atoms with Crippen LogP contribution in [0.2, 0.25) is 0 Å². The van der Waals surface area contributed by atoms with Gasteiger partial charge < -0.3 is 9.84 Å². The number of hydrogen-bond acceptors (Lipinski definition) is 4. The molecule has 1 aromatic heterocycles. The number of ether oxygens (including phenoxy) is 1. The maximum Gasteiger partial charge on any atom is 0.306 e. The summed E-state index contributed by atoms with van der Waals surface area (Å²) in [5.41, 5.74) is 2.05. The number of carboxylic acids is 1. The third kappa shape index (κ3) is 3.54. The lowest BCUT2D eigenvalue weighted by atomic mass is 10.1. The summed E-state index contributed by atoms with van der Waals surface area (Å²) in [7, 11) is 0. The highest BCUT2D eigenvalue weighted by Gasteiger charge is 2.07. The Kier molecular flexibility index (Phi) is 4.16. The molecule has 2 aromatic rings. The van der Waals surface area contributed by atoms with Gasteiger partial charge in [-0.3, -0.25) is 4.79 Å². The summed E-state index contributed by atoms with van der Waals surface area (Å²) in [5, 5.41) is 9.58. The third-order valence-electron chi connectivity index (χ3n) is 2.62. The predicted octanol–water partition coefficient (Wildman–Crippen LogP) is 3.28. The predicted molar refractivity (Wildman–Crippen MR) is 74.8 cm³/mol. The number of hydrogen-bond donors (Lipinski definition) is 1. The number of aliphatic carboxylic acids is 1. The molecule has 1 aromatic carbocycles. The van der Waals surface area contributed by atoms with Gasteiger partial charge in [0.05, 0.1) is 23.7 Å². The second-order valence-corrected chi connectivity index (χ2v) is 5.56. The summed E-state index contributed by atoms with van der Waals surface area (Å²) in [6, 6.07) is 7.56. The lowest BCUT2D eigenvalue weighted by Gasteiger charge is -2.05. The molecule has 2 rings (SSSR count). The molecule has 0 atom stereocenters. The molecule has 0 unspecified atom stereocenters. The van der Waals surface area contributed by atoms with Crippen LogP contribution in [0.25, 0.3) is 11.3 Å². The fourth-order valence-electron chi connectivity index (χ4n) is 1.76. The first-order valence-electron chi connectivity index (χ1n) is 5.95. The largest absolute Gasteiger partial charge is 0.493 e. The van der Waals surface area contributed by atoms with Crippen LogP contribution in [-0.2, 0) is 4.79 Å². The van der Waals surface area contributed by atoms with Gasteiger partial charge in [0, 0.05) is 10.4 Å². The Hall–Kier alpha value is -1.88. The van der Waals surface area contributed by atoms with E-state index < -0.39 is 5.97 Å². The smallest absolute Gasteiger partial charge is 0.306 e. The fraction of sp³-hybridized carbons (Fsp3) is 0.286. The second kappa shape index (κ2) is 5.84. The molecule has 0 aliphatic rings. The van der Waals surface area contributed by atoms with Crippen LogP contribution in [0.1, 0.15) is 16.3 Å².